The average Bonchev–Trinajstić information content (AvgIpc) is 2.92. The van der Waals surface area contributed by atoms with Gasteiger partial charge in [0.25, 0.3) is 5.91 Å². The highest BCUT2D eigenvalue weighted by atomic mass is 16.3. The molecule has 114 valence electrons. The highest BCUT2D eigenvalue weighted by Crippen LogP contribution is 2.23. The number of aliphatic hydroxyl groups excluding tert-OH is 1. The number of benzene rings is 1. The van der Waals surface area contributed by atoms with E-state index in [1.165, 1.54) is 0 Å². The van der Waals surface area contributed by atoms with Crippen LogP contribution >= 0.6 is 0 Å². The van der Waals surface area contributed by atoms with Crippen molar-refractivity contribution in [3.8, 4) is 0 Å². The molecule has 2 rings (SSSR count). The van der Waals surface area contributed by atoms with Gasteiger partial charge in [-0.1, -0.05) is 26.0 Å². The van der Waals surface area contributed by atoms with Crippen molar-refractivity contribution in [1.29, 1.82) is 0 Å². The molecule has 5 nitrogen and oxygen atoms in total. The molecule has 0 aliphatic heterocycles. The second-order valence-corrected chi connectivity index (χ2v) is 5.19. The summed E-state index contributed by atoms with van der Waals surface area (Å²) in [6, 6.07) is 7.55. The molecular formula is C16H23N3O2. The Labute approximate surface area is 124 Å². The number of nitrogens with two attached hydrogens (primary N) is 1. The fraction of sp³-hybridized carbons (Fsp3) is 0.438. The van der Waals surface area contributed by atoms with Gasteiger partial charge in [0.1, 0.15) is 5.69 Å². The molecule has 0 aliphatic carbocycles. The number of anilines is 1. The molecule has 0 bridgehead atoms. The summed E-state index contributed by atoms with van der Waals surface area (Å²) in [6.07, 6.45) is 1.73. The van der Waals surface area contributed by atoms with Crippen molar-refractivity contribution in [2.45, 2.75) is 32.7 Å². The smallest absolute Gasteiger partial charge is 0.270 e. The molecule has 0 saturated heterocycles. The topological polar surface area (TPSA) is 82.3 Å². The van der Waals surface area contributed by atoms with Crippen LogP contribution in [0.25, 0.3) is 10.9 Å². The first-order valence-electron chi connectivity index (χ1n) is 7.41. The molecule has 21 heavy (non-hydrogen) atoms. The van der Waals surface area contributed by atoms with Crippen LogP contribution in [-0.4, -0.2) is 40.1 Å². The number of para-hydroxylation sites is 1. The Hall–Kier alpha value is -2.01. The molecule has 2 aromatic rings. The second kappa shape index (κ2) is 6.63. The number of aromatic nitrogens is 1. The summed E-state index contributed by atoms with van der Waals surface area (Å²) in [5, 5.41) is 10.2. The Morgan fingerprint density at radius 1 is 1.38 bits per heavy atom. The number of aromatic amines is 1. The third kappa shape index (κ3) is 3.03. The first-order chi connectivity index (χ1) is 10.1. The molecule has 0 saturated carbocycles. The van der Waals surface area contributed by atoms with Crippen molar-refractivity contribution in [1.82, 2.24) is 9.88 Å². The van der Waals surface area contributed by atoms with Gasteiger partial charge in [-0.15, -0.1) is 0 Å². The van der Waals surface area contributed by atoms with Crippen molar-refractivity contribution in [3.05, 3.63) is 30.0 Å². The Balaban J connectivity index is 2.36. The number of carbonyl (C=O) groups is 1. The number of rotatable bonds is 6. The van der Waals surface area contributed by atoms with Crippen LogP contribution in [0.4, 0.5) is 5.69 Å². The lowest BCUT2D eigenvalue weighted by Crippen LogP contribution is -2.41. The summed E-state index contributed by atoms with van der Waals surface area (Å²) in [6.45, 7) is 4.41. The maximum atomic E-state index is 12.7. The van der Waals surface area contributed by atoms with Gasteiger partial charge >= 0.3 is 0 Å². The quantitative estimate of drug-likeness (QED) is 0.714. The van der Waals surface area contributed by atoms with Crippen molar-refractivity contribution in [2.24, 2.45) is 0 Å². The molecule has 1 amide bonds. The monoisotopic (exact) mass is 289 g/mol. The molecule has 5 heteroatoms. The predicted octanol–water partition coefficient (Wildman–Crippen LogP) is 2.37. The van der Waals surface area contributed by atoms with Gasteiger partial charge in [-0.05, 0) is 25.0 Å². The van der Waals surface area contributed by atoms with Crippen molar-refractivity contribution < 1.29 is 9.90 Å². The maximum absolute atomic E-state index is 12.7. The summed E-state index contributed by atoms with van der Waals surface area (Å²) in [4.78, 5) is 17.6. The number of nitrogen functional groups attached to an aromatic ring is 1. The van der Waals surface area contributed by atoms with E-state index in [9.17, 15) is 9.90 Å². The van der Waals surface area contributed by atoms with Crippen LogP contribution in [0.1, 0.15) is 37.2 Å². The van der Waals surface area contributed by atoms with Crippen LogP contribution in [-0.2, 0) is 0 Å². The van der Waals surface area contributed by atoms with E-state index in [2.05, 4.69) is 18.8 Å². The van der Waals surface area contributed by atoms with Crippen LogP contribution < -0.4 is 5.73 Å². The SMILES string of the molecule is CCC(CC)N(CCO)C(=O)c1cc2cccc(N)c2[nH]1. The zero-order chi connectivity index (χ0) is 15.4. The number of nitrogens with zero attached hydrogens (tertiary/aromatic N) is 1. The van der Waals surface area contributed by atoms with Gasteiger partial charge in [-0.2, -0.15) is 0 Å². The van der Waals surface area contributed by atoms with E-state index >= 15 is 0 Å². The largest absolute Gasteiger partial charge is 0.397 e. The number of hydrogen-bond donors (Lipinski definition) is 3. The molecular weight excluding hydrogens is 266 g/mol. The molecule has 0 unspecified atom stereocenters. The molecule has 4 N–H and O–H groups in total. The molecule has 0 fully saturated rings. The fourth-order valence-corrected chi connectivity index (χ4v) is 2.74. The van der Waals surface area contributed by atoms with E-state index in [4.69, 9.17) is 5.73 Å². The summed E-state index contributed by atoms with van der Waals surface area (Å²) in [7, 11) is 0. The predicted molar refractivity (Wildman–Crippen MR) is 85.2 cm³/mol. The first kappa shape index (κ1) is 15.4. The number of nitrogens with one attached hydrogen (secondary N) is 1. The van der Waals surface area contributed by atoms with Crippen LogP contribution in [0.5, 0.6) is 0 Å². The van der Waals surface area contributed by atoms with E-state index in [1.54, 1.807) is 11.0 Å². The molecule has 1 aromatic carbocycles. The average molecular weight is 289 g/mol. The number of aliphatic hydroxyl groups is 1. The number of H-pyrrole nitrogens is 1. The maximum Gasteiger partial charge on any atom is 0.270 e. The van der Waals surface area contributed by atoms with E-state index in [1.807, 2.05) is 18.2 Å². The van der Waals surface area contributed by atoms with Gasteiger partial charge in [0.2, 0.25) is 0 Å². The van der Waals surface area contributed by atoms with E-state index in [0.717, 1.165) is 23.7 Å². The summed E-state index contributed by atoms with van der Waals surface area (Å²) in [5.74, 6) is -0.0895. The highest BCUT2D eigenvalue weighted by molar-refractivity contribution is 6.00. The molecule has 1 aromatic heterocycles. The second-order valence-electron chi connectivity index (χ2n) is 5.19. The molecule has 0 radical (unpaired) electrons. The molecule has 0 aliphatic rings. The highest BCUT2D eigenvalue weighted by Gasteiger charge is 2.23. The lowest BCUT2D eigenvalue weighted by atomic mass is 10.1. The Kier molecular flexibility index (Phi) is 4.85. The van der Waals surface area contributed by atoms with Crippen LogP contribution in [0, 0.1) is 0 Å². The van der Waals surface area contributed by atoms with Crippen molar-refractivity contribution in [2.75, 3.05) is 18.9 Å². The minimum absolute atomic E-state index is 0.0371. The zero-order valence-electron chi connectivity index (χ0n) is 12.6. The summed E-state index contributed by atoms with van der Waals surface area (Å²) >= 11 is 0. The Bertz CT molecular complexity index is 617. The van der Waals surface area contributed by atoms with Crippen LogP contribution in [0.3, 0.4) is 0 Å². The zero-order valence-corrected chi connectivity index (χ0v) is 12.6. The lowest BCUT2D eigenvalue weighted by Gasteiger charge is -2.29. The number of carbonyl (C=O) groups excluding carboxylic acids is 1. The van der Waals surface area contributed by atoms with E-state index in [-0.39, 0.29) is 18.6 Å². The van der Waals surface area contributed by atoms with Gasteiger partial charge in [0.05, 0.1) is 17.8 Å². The molecule has 1 heterocycles. The minimum Gasteiger partial charge on any atom is -0.397 e. The number of hydrogen-bond acceptors (Lipinski definition) is 3. The van der Waals surface area contributed by atoms with Crippen molar-refractivity contribution in [3.63, 3.8) is 0 Å². The van der Waals surface area contributed by atoms with Gasteiger partial charge in [0, 0.05) is 18.0 Å². The summed E-state index contributed by atoms with van der Waals surface area (Å²) < 4.78 is 0. The Morgan fingerprint density at radius 2 is 2.10 bits per heavy atom. The first-order valence-corrected chi connectivity index (χ1v) is 7.41. The normalized spacial score (nSPS) is 11.2. The van der Waals surface area contributed by atoms with Crippen LogP contribution in [0.15, 0.2) is 24.3 Å². The fourth-order valence-electron chi connectivity index (χ4n) is 2.74. The molecule has 0 atom stereocenters. The third-order valence-corrected chi connectivity index (χ3v) is 3.90. The van der Waals surface area contributed by atoms with E-state index < -0.39 is 0 Å². The van der Waals surface area contributed by atoms with Gasteiger partial charge in [-0.25, -0.2) is 0 Å². The van der Waals surface area contributed by atoms with Crippen molar-refractivity contribution >= 4 is 22.5 Å². The minimum atomic E-state index is -0.0895. The number of amides is 1. The lowest BCUT2D eigenvalue weighted by molar-refractivity contribution is 0.0617. The van der Waals surface area contributed by atoms with Gasteiger partial charge in [-0.3, -0.25) is 4.79 Å². The summed E-state index contributed by atoms with van der Waals surface area (Å²) in [5.41, 5.74) is 7.85. The van der Waals surface area contributed by atoms with Gasteiger partial charge < -0.3 is 20.7 Å². The number of fused-ring (bicyclic) bond motifs is 1. The Morgan fingerprint density at radius 3 is 2.67 bits per heavy atom. The van der Waals surface area contributed by atoms with Gasteiger partial charge in [0.15, 0.2) is 0 Å². The van der Waals surface area contributed by atoms with Crippen LogP contribution in [0.2, 0.25) is 0 Å². The van der Waals surface area contributed by atoms with E-state index in [0.29, 0.717) is 17.9 Å². The third-order valence-electron chi connectivity index (χ3n) is 3.90. The standard InChI is InChI=1S/C16H23N3O2/c1-3-12(4-2)19(8-9-20)16(21)14-10-11-6-5-7-13(17)15(11)18-14/h5-7,10,12,18,20H,3-4,8-9,17H2,1-2H3. The molecule has 0 spiro atoms.